The highest BCUT2D eigenvalue weighted by molar-refractivity contribution is 7.89. The molecule has 0 bridgehead atoms. The van der Waals surface area contributed by atoms with Gasteiger partial charge in [-0.15, -0.1) is 0 Å². The molecule has 0 saturated carbocycles. The maximum absolute atomic E-state index is 11.9. The maximum Gasteiger partial charge on any atom is 0.244 e. The number of nitrogens with one attached hydrogen (secondary N) is 2. The molecule has 0 saturated heterocycles. The van der Waals surface area contributed by atoms with E-state index in [-0.39, 0.29) is 4.90 Å². The molecule has 2 aromatic heterocycles. The Bertz CT molecular complexity index is 587. The van der Waals surface area contributed by atoms with Crippen LogP contribution in [-0.4, -0.2) is 28.2 Å². The second kappa shape index (κ2) is 4.30. The summed E-state index contributed by atoms with van der Waals surface area (Å²) in [5.74, 6) is 0.567. The molecule has 0 aromatic carbocycles. The van der Waals surface area contributed by atoms with E-state index < -0.39 is 16.1 Å². The van der Waals surface area contributed by atoms with Crippen LogP contribution in [-0.2, 0) is 17.1 Å². The van der Waals surface area contributed by atoms with Gasteiger partial charge in [0.1, 0.15) is 10.7 Å². The first-order valence-corrected chi connectivity index (χ1v) is 6.47. The van der Waals surface area contributed by atoms with Crippen LogP contribution in [0.3, 0.4) is 0 Å². The highest BCUT2D eigenvalue weighted by atomic mass is 32.2. The topological polar surface area (TPSA) is 92.7 Å². The minimum absolute atomic E-state index is 0.137. The van der Waals surface area contributed by atoms with Gasteiger partial charge in [0.2, 0.25) is 10.0 Å². The number of nitrogens with zero attached hydrogens (tertiary/aromatic N) is 3. The largest absolute Gasteiger partial charge is 0.347 e. The molecule has 2 heterocycles. The van der Waals surface area contributed by atoms with Crippen molar-refractivity contribution >= 4 is 10.0 Å². The Hall–Kier alpha value is -1.67. The smallest absolute Gasteiger partial charge is 0.244 e. The Balaban J connectivity index is 2.18. The maximum atomic E-state index is 11.9. The molecule has 0 amide bonds. The van der Waals surface area contributed by atoms with Gasteiger partial charge in [-0.2, -0.15) is 5.10 Å². The molecule has 2 rings (SSSR count). The zero-order valence-electron chi connectivity index (χ0n) is 9.45. The quantitative estimate of drug-likeness (QED) is 0.815. The molecule has 0 fully saturated rings. The number of hydrogen-bond acceptors (Lipinski definition) is 4. The van der Waals surface area contributed by atoms with Crippen molar-refractivity contribution in [2.45, 2.75) is 17.9 Å². The Morgan fingerprint density at radius 1 is 1.53 bits per heavy atom. The molecule has 2 aromatic rings. The van der Waals surface area contributed by atoms with Crippen molar-refractivity contribution in [2.75, 3.05) is 0 Å². The summed E-state index contributed by atoms with van der Waals surface area (Å²) in [5.41, 5.74) is 0. The van der Waals surface area contributed by atoms with E-state index in [1.807, 2.05) is 0 Å². The lowest BCUT2D eigenvalue weighted by Gasteiger charge is -2.10. The fourth-order valence-electron chi connectivity index (χ4n) is 1.41. The van der Waals surface area contributed by atoms with E-state index in [2.05, 4.69) is 19.8 Å². The van der Waals surface area contributed by atoms with Crippen molar-refractivity contribution in [3.8, 4) is 0 Å². The Labute approximate surface area is 98.9 Å². The fraction of sp³-hybridized carbons (Fsp3) is 0.333. The van der Waals surface area contributed by atoms with Gasteiger partial charge in [0.15, 0.2) is 0 Å². The molecule has 7 nitrogen and oxygen atoms in total. The summed E-state index contributed by atoms with van der Waals surface area (Å²) in [5, 5.41) is 3.83. The van der Waals surface area contributed by atoms with Gasteiger partial charge < -0.3 is 4.98 Å². The minimum atomic E-state index is -3.56. The molecule has 1 atom stereocenters. The van der Waals surface area contributed by atoms with Gasteiger partial charge in [-0.1, -0.05) is 0 Å². The van der Waals surface area contributed by atoms with Crippen molar-refractivity contribution in [3.05, 3.63) is 30.6 Å². The van der Waals surface area contributed by atoms with E-state index in [0.717, 1.165) is 0 Å². The van der Waals surface area contributed by atoms with E-state index in [9.17, 15) is 8.42 Å². The van der Waals surface area contributed by atoms with Crippen molar-refractivity contribution in [1.29, 1.82) is 0 Å². The summed E-state index contributed by atoms with van der Waals surface area (Å²) in [6.07, 6.45) is 5.96. The summed E-state index contributed by atoms with van der Waals surface area (Å²) < 4.78 is 27.8. The molecule has 17 heavy (non-hydrogen) atoms. The average molecular weight is 255 g/mol. The molecule has 0 aliphatic rings. The van der Waals surface area contributed by atoms with Crippen molar-refractivity contribution < 1.29 is 8.42 Å². The van der Waals surface area contributed by atoms with Crippen LogP contribution in [0.2, 0.25) is 0 Å². The molecule has 0 radical (unpaired) electrons. The molecule has 8 heteroatoms. The number of H-pyrrole nitrogens is 1. The van der Waals surface area contributed by atoms with Gasteiger partial charge in [0.25, 0.3) is 0 Å². The van der Waals surface area contributed by atoms with Crippen molar-refractivity contribution in [3.63, 3.8) is 0 Å². The number of aromatic amines is 1. The van der Waals surface area contributed by atoms with E-state index in [4.69, 9.17) is 0 Å². The first-order chi connectivity index (χ1) is 7.99. The standard InChI is InChI=1S/C9H13N5O2S/c1-7(9-10-3-4-11-9)13-17(15,16)8-5-12-14(2)6-8/h3-7,13H,1-2H3,(H,10,11). The van der Waals surface area contributed by atoms with Crippen LogP contribution in [0.5, 0.6) is 0 Å². The van der Waals surface area contributed by atoms with Crippen LogP contribution >= 0.6 is 0 Å². The van der Waals surface area contributed by atoms with Gasteiger partial charge in [-0.25, -0.2) is 18.1 Å². The van der Waals surface area contributed by atoms with Crippen LogP contribution < -0.4 is 4.72 Å². The molecular weight excluding hydrogens is 242 g/mol. The van der Waals surface area contributed by atoms with Gasteiger partial charge in [-0.05, 0) is 6.92 Å². The molecule has 2 N–H and O–H groups in total. The molecular formula is C9H13N5O2S. The van der Waals surface area contributed by atoms with Gasteiger partial charge in [-0.3, -0.25) is 4.68 Å². The second-order valence-corrected chi connectivity index (χ2v) is 5.38. The Kier molecular flexibility index (Phi) is 2.99. The van der Waals surface area contributed by atoms with Crippen LogP contribution in [0, 0.1) is 0 Å². The van der Waals surface area contributed by atoms with Gasteiger partial charge >= 0.3 is 0 Å². The van der Waals surface area contributed by atoms with Crippen LogP contribution in [0.4, 0.5) is 0 Å². The average Bonchev–Trinajstić information content (AvgIpc) is 2.86. The first-order valence-electron chi connectivity index (χ1n) is 4.99. The summed E-state index contributed by atoms with van der Waals surface area (Å²) in [6, 6.07) is -0.421. The number of aryl methyl sites for hydroxylation is 1. The number of aromatic nitrogens is 4. The van der Waals surface area contributed by atoms with Gasteiger partial charge in [0.05, 0.1) is 12.2 Å². The predicted molar refractivity (Wildman–Crippen MR) is 60.5 cm³/mol. The Morgan fingerprint density at radius 3 is 2.82 bits per heavy atom. The summed E-state index contributed by atoms with van der Waals surface area (Å²) in [7, 11) is -1.90. The van der Waals surface area contributed by atoms with Crippen LogP contribution in [0.25, 0.3) is 0 Å². The molecule has 1 unspecified atom stereocenters. The summed E-state index contributed by atoms with van der Waals surface area (Å²) >= 11 is 0. The zero-order chi connectivity index (χ0) is 12.5. The number of rotatable bonds is 4. The Morgan fingerprint density at radius 2 is 2.29 bits per heavy atom. The lowest BCUT2D eigenvalue weighted by molar-refractivity contribution is 0.561. The highest BCUT2D eigenvalue weighted by Gasteiger charge is 2.20. The highest BCUT2D eigenvalue weighted by Crippen LogP contribution is 2.12. The number of hydrogen-bond donors (Lipinski definition) is 2. The van der Waals surface area contributed by atoms with E-state index >= 15 is 0 Å². The second-order valence-electron chi connectivity index (χ2n) is 3.67. The lowest BCUT2D eigenvalue weighted by atomic mass is 10.3. The fourth-order valence-corrected chi connectivity index (χ4v) is 2.60. The molecule has 0 aliphatic heterocycles. The van der Waals surface area contributed by atoms with E-state index in [0.29, 0.717) is 5.82 Å². The number of sulfonamides is 1. The van der Waals surface area contributed by atoms with Crippen LogP contribution in [0.1, 0.15) is 18.8 Å². The zero-order valence-corrected chi connectivity index (χ0v) is 10.3. The summed E-state index contributed by atoms with van der Waals surface area (Å²) in [4.78, 5) is 6.99. The van der Waals surface area contributed by atoms with Crippen LogP contribution in [0.15, 0.2) is 29.7 Å². The SMILES string of the molecule is CC(NS(=O)(=O)c1cnn(C)c1)c1ncc[nH]1. The first kappa shape index (κ1) is 11.8. The normalized spacial score (nSPS) is 13.8. The monoisotopic (exact) mass is 255 g/mol. The predicted octanol–water partition coefficient (Wildman–Crippen LogP) is 0.183. The minimum Gasteiger partial charge on any atom is -0.347 e. The lowest BCUT2D eigenvalue weighted by Crippen LogP contribution is -2.27. The van der Waals surface area contributed by atoms with Crippen molar-refractivity contribution in [1.82, 2.24) is 24.5 Å². The third-order valence-electron chi connectivity index (χ3n) is 2.25. The third kappa shape index (κ3) is 2.53. The third-order valence-corrected chi connectivity index (χ3v) is 3.75. The molecule has 92 valence electrons. The van der Waals surface area contributed by atoms with Gasteiger partial charge in [0, 0.05) is 25.6 Å². The summed E-state index contributed by atoms with van der Waals surface area (Å²) in [6.45, 7) is 1.72. The van der Waals surface area contributed by atoms with E-state index in [1.165, 1.54) is 17.1 Å². The van der Waals surface area contributed by atoms with Crippen molar-refractivity contribution in [2.24, 2.45) is 7.05 Å². The molecule has 0 spiro atoms. The molecule has 0 aliphatic carbocycles. The van der Waals surface area contributed by atoms with E-state index in [1.54, 1.807) is 26.4 Å². The number of imidazole rings is 1.